The fourth-order valence-electron chi connectivity index (χ4n) is 2.65. The molecule has 2 fully saturated rings. The average molecular weight is 289 g/mol. The maximum atomic E-state index is 11.8. The summed E-state index contributed by atoms with van der Waals surface area (Å²) >= 11 is 0. The molecule has 19 heavy (non-hydrogen) atoms. The Morgan fingerprint density at radius 2 is 1.95 bits per heavy atom. The molecule has 2 rings (SSSR count). The van der Waals surface area contributed by atoms with Gasteiger partial charge in [0.15, 0.2) is 9.84 Å². The molecule has 0 bridgehead atoms. The first kappa shape index (κ1) is 14.6. The summed E-state index contributed by atoms with van der Waals surface area (Å²) < 4.78 is 23.6. The first-order valence-electron chi connectivity index (χ1n) is 7.02. The Bertz CT molecular complexity index is 404. The van der Waals surface area contributed by atoms with E-state index in [0.717, 1.165) is 32.4 Å². The van der Waals surface area contributed by atoms with E-state index in [1.54, 1.807) is 0 Å². The third-order valence-corrected chi connectivity index (χ3v) is 6.19. The van der Waals surface area contributed by atoms with Crippen LogP contribution in [0.25, 0.3) is 0 Å². The fraction of sp³-hybridized carbons (Fsp3) is 0.917. The van der Waals surface area contributed by atoms with Crippen LogP contribution in [0.4, 0.5) is 4.79 Å². The molecule has 0 aromatic carbocycles. The van der Waals surface area contributed by atoms with Crippen LogP contribution in [0.1, 0.15) is 25.7 Å². The predicted molar refractivity (Wildman–Crippen MR) is 73.8 cm³/mol. The minimum absolute atomic E-state index is 0.233. The van der Waals surface area contributed by atoms with Gasteiger partial charge in [0.25, 0.3) is 0 Å². The molecule has 2 heterocycles. The highest BCUT2D eigenvalue weighted by Gasteiger charge is 2.28. The molecule has 0 aromatic heterocycles. The molecular weight excluding hydrogens is 266 g/mol. The lowest BCUT2D eigenvalue weighted by Gasteiger charge is -2.22. The molecule has 0 aromatic rings. The number of nitrogens with one attached hydrogen (secondary N) is 3. The van der Waals surface area contributed by atoms with Crippen LogP contribution in [0.2, 0.25) is 0 Å². The summed E-state index contributed by atoms with van der Waals surface area (Å²) in [6.45, 7) is 2.83. The van der Waals surface area contributed by atoms with Gasteiger partial charge in [-0.1, -0.05) is 6.42 Å². The molecular formula is C12H23N3O3S. The van der Waals surface area contributed by atoms with E-state index in [2.05, 4.69) is 16.0 Å². The van der Waals surface area contributed by atoms with Crippen molar-refractivity contribution in [2.24, 2.45) is 5.92 Å². The third kappa shape index (κ3) is 4.35. The number of carbonyl (C=O) groups excluding carboxylic acids is 1. The number of sulfone groups is 1. The van der Waals surface area contributed by atoms with Gasteiger partial charge >= 0.3 is 6.03 Å². The van der Waals surface area contributed by atoms with Crippen molar-refractivity contribution in [2.75, 3.05) is 31.9 Å². The molecule has 2 atom stereocenters. The quantitative estimate of drug-likeness (QED) is 0.672. The summed E-state index contributed by atoms with van der Waals surface area (Å²) in [6, 6.07) is -0.257. The average Bonchev–Trinajstić information content (AvgIpc) is 2.87. The maximum Gasteiger partial charge on any atom is 0.314 e. The summed E-state index contributed by atoms with van der Waals surface area (Å²) in [7, 11) is -3.00. The number of hydrogen-bond acceptors (Lipinski definition) is 4. The topological polar surface area (TPSA) is 87.3 Å². The van der Waals surface area contributed by atoms with Crippen molar-refractivity contribution in [1.29, 1.82) is 0 Å². The van der Waals surface area contributed by atoms with Crippen molar-refractivity contribution in [1.82, 2.24) is 16.0 Å². The maximum absolute atomic E-state index is 11.8. The molecule has 2 aliphatic rings. The molecule has 2 saturated heterocycles. The molecule has 110 valence electrons. The van der Waals surface area contributed by atoms with Crippen molar-refractivity contribution in [3.8, 4) is 0 Å². The minimum atomic E-state index is -3.00. The van der Waals surface area contributed by atoms with Gasteiger partial charge < -0.3 is 16.0 Å². The van der Waals surface area contributed by atoms with Crippen LogP contribution in [0.5, 0.6) is 0 Å². The Labute approximate surface area is 114 Å². The van der Waals surface area contributed by atoms with Gasteiger partial charge in [-0.05, 0) is 38.3 Å². The van der Waals surface area contributed by atoms with E-state index in [-0.39, 0.29) is 18.3 Å². The summed E-state index contributed by atoms with van der Waals surface area (Å²) in [5.41, 5.74) is 0. The van der Waals surface area contributed by atoms with E-state index in [9.17, 15) is 13.2 Å². The second kappa shape index (κ2) is 6.56. The van der Waals surface area contributed by atoms with Gasteiger partial charge in [0.1, 0.15) is 0 Å². The fourth-order valence-corrected chi connectivity index (χ4v) is 4.45. The van der Waals surface area contributed by atoms with Crippen LogP contribution in [0, 0.1) is 5.92 Å². The number of rotatable bonds is 4. The summed E-state index contributed by atoms with van der Waals surface area (Å²) in [4.78, 5) is 11.6. The first-order valence-corrected chi connectivity index (χ1v) is 8.73. The Hall–Kier alpha value is -0.820. The van der Waals surface area contributed by atoms with Crippen LogP contribution >= 0.6 is 0 Å². The van der Waals surface area contributed by atoms with Crippen LogP contribution < -0.4 is 16.0 Å². The molecule has 0 saturated carbocycles. The van der Waals surface area contributed by atoms with Crippen molar-refractivity contribution < 1.29 is 13.2 Å². The molecule has 0 aliphatic carbocycles. The van der Waals surface area contributed by atoms with E-state index in [4.69, 9.17) is 0 Å². The zero-order valence-corrected chi connectivity index (χ0v) is 12.0. The summed E-state index contributed by atoms with van der Waals surface area (Å²) in [6.07, 6.45) is 3.42. The van der Waals surface area contributed by atoms with E-state index in [1.807, 2.05) is 0 Å². The van der Waals surface area contributed by atoms with Gasteiger partial charge in [-0.15, -0.1) is 0 Å². The lowest BCUT2D eigenvalue weighted by Crippen LogP contribution is -2.44. The van der Waals surface area contributed by atoms with Crippen LogP contribution in [0.3, 0.4) is 0 Å². The number of urea groups is 1. The number of carbonyl (C=O) groups is 1. The summed E-state index contributed by atoms with van der Waals surface area (Å²) in [5.74, 6) is 0.749. The van der Waals surface area contributed by atoms with Gasteiger partial charge in [-0.2, -0.15) is 0 Å². The Balaban J connectivity index is 1.67. The SMILES string of the molecule is O=C(NCC1CCNC1)NCC1CCCCS1(=O)=O. The van der Waals surface area contributed by atoms with Gasteiger partial charge in [0.2, 0.25) is 0 Å². The molecule has 2 unspecified atom stereocenters. The Morgan fingerprint density at radius 3 is 2.63 bits per heavy atom. The molecule has 0 radical (unpaired) electrons. The first-order chi connectivity index (χ1) is 9.08. The van der Waals surface area contributed by atoms with Crippen molar-refractivity contribution in [3.63, 3.8) is 0 Å². The second-order valence-corrected chi connectivity index (χ2v) is 7.84. The van der Waals surface area contributed by atoms with Gasteiger partial charge in [-0.25, -0.2) is 13.2 Å². The van der Waals surface area contributed by atoms with Crippen LogP contribution in [-0.4, -0.2) is 51.6 Å². The molecule has 2 aliphatic heterocycles. The van der Waals surface area contributed by atoms with Gasteiger partial charge in [0, 0.05) is 13.1 Å². The predicted octanol–water partition coefficient (Wildman–Crippen LogP) is -0.138. The lowest BCUT2D eigenvalue weighted by molar-refractivity contribution is 0.239. The standard InChI is InChI=1S/C12H23N3O3S/c16-12(14-8-10-4-5-13-7-10)15-9-11-3-1-2-6-19(11,17)18/h10-11,13H,1-9H2,(H2,14,15,16). The normalized spacial score (nSPS) is 29.9. The highest BCUT2D eigenvalue weighted by Crippen LogP contribution is 2.18. The van der Waals surface area contributed by atoms with Gasteiger partial charge in [-0.3, -0.25) is 0 Å². The lowest BCUT2D eigenvalue weighted by atomic mass is 10.1. The minimum Gasteiger partial charge on any atom is -0.338 e. The zero-order valence-electron chi connectivity index (χ0n) is 11.2. The molecule has 2 amide bonds. The van der Waals surface area contributed by atoms with Crippen LogP contribution in [-0.2, 0) is 9.84 Å². The molecule has 7 heteroatoms. The molecule has 3 N–H and O–H groups in total. The van der Waals surface area contributed by atoms with Crippen LogP contribution in [0.15, 0.2) is 0 Å². The molecule has 0 spiro atoms. The number of amides is 2. The van der Waals surface area contributed by atoms with Crippen molar-refractivity contribution in [3.05, 3.63) is 0 Å². The Morgan fingerprint density at radius 1 is 1.16 bits per heavy atom. The smallest absolute Gasteiger partial charge is 0.314 e. The monoisotopic (exact) mass is 289 g/mol. The van der Waals surface area contributed by atoms with E-state index in [1.165, 1.54) is 0 Å². The summed E-state index contributed by atoms with van der Waals surface area (Å²) in [5, 5.41) is 8.33. The third-order valence-electron chi connectivity index (χ3n) is 3.92. The Kier molecular flexibility index (Phi) is 5.04. The van der Waals surface area contributed by atoms with Gasteiger partial charge in [0.05, 0.1) is 11.0 Å². The van der Waals surface area contributed by atoms with E-state index in [0.29, 0.717) is 18.9 Å². The zero-order chi connectivity index (χ0) is 13.7. The molecule has 6 nitrogen and oxygen atoms in total. The van der Waals surface area contributed by atoms with E-state index >= 15 is 0 Å². The van der Waals surface area contributed by atoms with E-state index < -0.39 is 15.1 Å². The van der Waals surface area contributed by atoms with Crippen molar-refractivity contribution >= 4 is 15.9 Å². The van der Waals surface area contributed by atoms with Crippen molar-refractivity contribution in [2.45, 2.75) is 30.9 Å². The second-order valence-electron chi connectivity index (χ2n) is 5.43. The largest absolute Gasteiger partial charge is 0.338 e. The highest BCUT2D eigenvalue weighted by molar-refractivity contribution is 7.92. The highest BCUT2D eigenvalue weighted by atomic mass is 32.2. The number of hydrogen-bond donors (Lipinski definition) is 3.